The number of aromatic nitrogens is 3. The quantitative estimate of drug-likeness (QED) is 0.624. The standard InChI is InChI=1S/C19H19ClN4O2S/c1-12(18(25)21-15-8-6-14(20)7-9-15)27-19-23-22-17(24(19)2)13-4-10-16(26-3)11-5-13/h4-12H,1-3H3,(H,21,25)/t12-/m1/s1. The topological polar surface area (TPSA) is 69.0 Å². The van der Waals surface area contributed by atoms with E-state index in [0.717, 1.165) is 17.1 Å². The molecule has 0 saturated heterocycles. The number of nitrogens with one attached hydrogen (secondary N) is 1. The molecule has 0 aliphatic rings. The van der Waals surface area contributed by atoms with Crippen LogP contribution in [-0.2, 0) is 11.8 Å². The van der Waals surface area contributed by atoms with Crippen LogP contribution in [0.25, 0.3) is 11.4 Å². The summed E-state index contributed by atoms with van der Waals surface area (Å²) >= 11 is 7.21. The SMILES string of the molecule is COc1ccc(-c2nnc(S[C@H](C)C(=O)Nc3ccc(Cl)cc3)n2C)cc1. The summed E-state index contributed by atoms with van der Waals surface area (Å²) in [6.07, 6.45) is 0. The van der Waals surface area contributed by atoms with Gasteiger partial charge in [0.25, 0.3) is 0 Å². The van der Waals surface area contributed by atoms with Gasteiger partial charge in [-0.3, -0.25) is 4.79 Å². The number of benzene rings is 2. The van der Waals surface area contributed by atoms with Gasteiger partial charge in [0.1, 0.15) is 5.75 Å². The molecule has 6 nitrogen and oxygen atoms in total. The first-order chi connectivity index (χ1) is 13.0. The number of carbonyl (C=O) groups excluding carboxylic acids is 1. The second kappa shape index (κ2) is 8.45. The lowest BCUT2D eigenvalue weighted by molar-refractivity contribution is -0.115. The van der Waals surface area contributed by atoms with Gasteiger partial charge in [-0.15, -0.1) is 10.2 Å². The van der Waals surface area contributed by atoms with E-state index in [1.54, 1.807) is 31.4 Å². The molecule has 1 atom stereocenters. The molecule has 0 bridgehead atoms. The van der Waals surface area contributed by atoms with Gasteiger partial charge in [-0.05, 0) is 55.5 Å². The Morgan fingerprint density at radius 2 is 1.81 bits per heavy atom. The van der Waals surface area contributed by atoms with Crippen LogP contribution in [-0.4, -0.2) is 33.0 Å². The van der Waals surface area contributed by atoms with Crippen LogP contribution in [0.1, 0.15) is 6.92 Å². The van der Waals surface area contributed by atoms with Crippen molar-refractivity contribution in [2.75, 3.05) is 12.4 Å². The number of carbonyl (C=O) groups is 1. The molecule has 0 aliphatic carbocycles. The van der Waals surface area contributed by atoms with Crippen LogP contribution in [0.2, 0.25) is 5.02 Å². The summed E-state index contributed by atoms with van der Waals surface area (Å²) in [4.78, 5) is 12.4. The molecule has 1 aromatic heterocycles. The van der Waals surface area contributed by atoms with Gasteiger partial charge in [0, 0.05) is 23.3 Å². The summed E-state index contributed by atoms with van der Waals surface area (Å²) in [6, 6.07) is 14.6. The molecule has 0 aliphatic heterocycles. The Balaban J connectivity index is 1.68. The minimum Gasteiger partial charge on any atom is -0.497 e. The molecule has 2 aromatic carbocycles. The van der Waals surface area contributed by atoms with Gasteiger partial charge in [0.15, 0.2) is 11.0 Å². The number of nitrogens with zero attached hydrogens (tertiary/aromatic N) is 3. The molecule has 3 aromatic rings. The highest BCUT2D eigenvalue weighted by molar-refractivity contribution is 8.00. The van der Waals surface area contributed by atoms with Crippen molar-refractivity contribution in [2.45, 2.75) is 17.3 Å². The molecular formula is C19H19ClN4O2S. The fourth-order valence-electron chi connectivity index (χ4n) is 2.40. The zero-order valence-corrected chi connectivity index (χ0v) is 16.7. The van der Waals surface area contributed by atoms with Crippen LogP contribution < -0.4 is 10.1 Å². The Morgan fingerprint density at radius 1 is 1.15 bits per heavy atom. The van der Waals surface area contributed by atoms with Gasteiger partial charge in [0.2, 0.25) is 5.91 Å². The molecule has 8 heteroatoms. The van der Waals surface area contributed by atoms with Crippen LogP contribution >= 0.6 is 23.4 Å². The minimum atomic E-state index is -0.340. The number of hydrogen-bond acceptors (Lipinski definition) is 5. The van der Waals surface area contributed by atoms with Crippen LogP contribution in [0.5, 0.6) is 5.75 Å². The Morgan fingerprint density at radius 3 is 2.44 bits per heavy atom. The predicted octanol–water partition coefficient (Wildman–Crippen LogP) is 4.26. The third-order valence-corrected chi connectivity index (χ3v) is 5.33. The van der Waals surface area contributed by atoms with Crippen molar-refractivity contribution in [1.82, 2.24) is 14.8 Å². The van der Waals surface area contributed by atoms with Crippen molar-refractivity contribution in [3.05, 3.63) is 53.6 Å². The van der Waals surface area contributed by atoms with Crippen LogP contribution in [0.3, 0.4) is 0 Å². The Kier molecular flexibility index (Phi) is 6.03. The maximum Gasteiger partial charge on any atom is 0.237 e. The lowest BCUT2D eigenvalue weighted by Crippen LogP contribution is -2.22. The van der Waals surface area contributed by atoms with Crippen molar-refractivity contribution >= 4 is 35.0 Å². The third kappa shape index (κ3) is 4.61. The summed E-state index contributed by atoms with van der Waals surface area (Å²) < 4.78 is 7.05. The maximum absolute atomic E-state index is 12.4. The third-order valence-electron chi connectivity index (χ3n) is 3.95. The monoisotopic (exact) mass is 402 g/mol. The molecule has 0 unspecified atom stereocenters. The van der Waals surface area contributed by atoms with Crippen molar-refractivity contribution < 1.29 is 9.53 Å². The van der Waals surface area contributed by atoms with Crippen LogP contribution in [0.15, 0.2) is 53.7 Å². The van der Waals surface area contributed by atoms with Gasteiger partial charge in [-0.2, -0.15) is 0 Å². The van der Waals surface area contributed by atoms with Gasteiger partial charge in [-0.1, -0.05) is 23.4 Å². The van der Waals surface area contributed by atoms with E-state index in [1.807, 2.05) is 42.8 Å². The number of methoxy groups -OCH3 is 1. The van der Waals surface area contributed by atoms with E-state index >= 15 is 0 Å². The zero-order chi connectivity index (χ0) is 19.4. The molecule has 3 rings (SSSR count). The van der Waals surface area contributed by atoms with E-state index < -0.39 is 0 Å². The fourth-order valence-corrected chi connectivity index (χ4v) is 3.34. The molecule has 27 heavy (non-hydrogen) atoms. The number of amides is 1. The summed E-state index contributed by atoms with van der Waals surface area (Å²) in [5.41, 5.74) is 1.63. The molecular weight excluding hydrogens is 384 g/mol. The smallest absolute Gasteiger partial charge is 0.237 e. The summed E-state index contributed by atoms with van der Waals surface area (Å²) in [7, 11) is 3.51. The van der Waals surface area contributed by atoms with E-state index in [4.69, 9.17) is 16.3 Å². The first kappa shape index (κ1) is 19.3. The highest BCUT2D eigenvalue weighted by Gasteiger charge is 2.19. The zero-order valence-electron chi connectivity index (χ0n) is 15.1. The van der Waals surface area contributed by atoms with Crippen molar-refractivity contribution in [3.8, 4) is 17.1 Å². The van der Waals surface area contributed by atoms with E-state index in [1.165, 1.54) is 11.8 Å². The summed E-state index contributed by atoms with van der Waals surface area (Å²) in [6.45, 7) is 1.83. The minimum absolute atomic E-state index is 0.115. The molecule has 0 saturated carbocycles. The van der Waals surface area contributed by atoms with E-state index in [0.29, 0.717) is 15.9 Å². The summed E-state index contributed by atoms with van der Waals surface area (Å²) in [5, 5.41) is 12.3. The van der Waals surface area contributed by atoms with Gasteiger partial charge >= 0.3 is 0 Å². The van der Waals surface area contributed by atoms with Gasteiger partial charge in [0.05, 0.1) is 12.4 Å². The van der Waals surface area contributed by atoms with E-state index in [2.05, 4.69) is 15.5 Å². The molecule has 1 amide bonds. The van der Waals surface area contributed by atoms with Crippen LogP contribution in [0, 0.1) is 0 Å². The Hall–Kier alpha value is -2.51. The number of thioether (sulfide) groups is 1. The highest BCUT2D eigenvalue weighted by Crippen LogP contribution is 2.27. The molecule has 0 radical (unpaired) electrons. The second-order valence-electron chi connectivity index (χ2n) is 5.85. The molecule has 1 heterocycles. The van der Waals surface area contributed by atoms with Crippen molar-refractivity contribution in [2.24, 2.45) is 7.05 Å². The number of anilines is 1. The lowest BCUT2D eigenvalue weighted by atomic mass is 10.2. The van der Waals surface area contributed by atoms with Crippen molar-refractivity contribution in [3.63, 3.8) is 0 Å². The number of hydrogen-bond donors (Lipinski definition) is 1. The van der Waals surface area contributed by atoms with E-state index in [-0.39, 0.29) is 11.2 Å². The first-order valence-electron chi connectivity index (χ1n) is 8.25. The first-order valence-corrected chi connectivity index (χ1v) is 9.50. The van der Waals surface area contributed by atoms with Gasteiger partial charge < -0.3 is 14.6 Å². The molecule has 140 valence electrons. The number of ether oxygens (including phenoxy) is 1. The largest absolute Gasteiger partial charge is 0.497 e. The average molecular weight is 403 g/mol. The second-order valence-corrected chi connectivity index (χ2v) is 7.59. The van der Waals surface area contributed by atoms with Crippen LogP contribution in [0.4, 0.5) is 5.69 Å². The van der Waals surface area contributed by atoms with Crippen molar-refractivity contribution in [1.29, 1.82) is 0 Å². The van der Waals surface area contributed by atoms with Gasteiger partial charge in [-0.25, -0.2) is 0 Å². The number of halogens is 1. The Bertz CT molecular complexity index is 926. The van der Waals surface area contributed by atoms with E-state index in [9.17, 15) is 4.79 Å². The summed E-state index contributed by atoms with van der Waals surface area (Å²) in [5.74, 6) is 1.39. The highest BCUT2D eigenvalue weighted by atomic mass is 35.5. The predicted molar refractivity (Wildman–Crippen MR) is 108 cm³/mol. The number of rotatable bonds is 6. The Labute approximate surface area is 166 Å². The molecule has 0 fully saturated rings. The molecule has 0 spiro atoms. The average Bonchev–Trinajstić information content (AvgIpc) is 3.04. The molecule has 1 N–H and O–H groups in total. The normalized spacial score (nSPS) is 11.9. The fraction of sp³-hybridized carbons (Fsp3) is 0.211. The maximum atomic E-state index is 12.4. The lowest BCUT2D eigenvalue weighted by Gasteiger charge is -2.12.